The number of rotatable bonds is 0. The van der Waals surface area contributed by atoms with Gasteiger partial charge in [-0.1, -0.05) is 48.5 Å². The van der Waals surface area contributed by atoms with Gasteiger partial charge < -0.3 is 0 Å². The Bertz CT molecular complexity index is 439. The molecule has 0 fully saturated rings. The number of fused-ring (bicyclic) bond motifs is 3. The molecule has 0 atom stereocenters. The molecular weight excluding hydrogens is 318 g/mol. The molecule has 16 heavy (non-hydrogen) atoms. The van der Waals surface area contributed by atoms with Crippen LogP contribution in [0.25, 0.3) is 11.1 Å². The first kappa shape index (κ1) is 12.4. The van der Waals surface area contributed by atoms with Gasteiger partial charge in [0.1, 0.15) is 0 Å². The summed E-state index contributed by atoms with van der Waals surface area (Å²) in [5.74, 6) is 0. The topological polar surface area (TPSA) is 0 Å². The van der Waals surface area contributed by atoms with Crippen molar-refractivity contribution in [2.45, 2.75) is 6.42 Å². The SMILES string of the molecule is [Cl][Zr][Cl].c1ccc2c(c1)Cc1ccccc1-2. The summed E-state index contributed by atoms with van der Waals surface area (Å²) in [5, 5.41) is 0. The van der Waals surface area contributed by atoms with E-state index in [1.165, 1.54) is 22.3 Å². The zero-order valence-electron chi connectivity index (χ0n) is 8.58. The van der Waals surface area contributed by atoms with E-state index < -0.39 is 20.8 Å². The van der Waals surface area contributed by atoms with Gasteiger partial charge in [0.05, 0.1) is 0 Å². The van der Waals surface area contributed by atoms with Gasteiger partial charge in [-0.2, -0.15) is 0 Å². The fourth-order valence-corrected chi connectivity index (χ4v) is 2.08. The van der Waals surface area contributed by atoms with E-state index in [4.69, 9.17) is 17.0 Å². The van der Waals surface area contributed by atoms with Crippen molar-refractivity contribution < 1.29 is 20.8 Å². The van der Waals surface area contributed by atoms with Crippen LogP contribution < -0.4 is 0 Å². The molecule has 0 heterocycles. The fraction of sp³-hybridized carbons (Fsp3) is 0.0769. The van der Waals surface area contributed by atoms with Crippen molar-refractivity contribution in [1.29, 1.82) is 0 Å². The molecule has 0 unspecified atom stereocenters. The molecule has 80 valence electrons. The van der Waals surface area contributed by atoms with Crippen molar-refractivity contribution in [3.63, 3.8) is 0 Å². The van der Waals surface area contributed by atoms with E-state index in [1.807, 2.05) is 0 Å². The predicted octanol–water partition coefficient (Wildman–Crippen LogP) is 4.63. The fourth-order valence-electron chi connectivity index (χ4n) is 2.08. The van der Waals surface area contributed by atoms with Crippen LogP contribution in [0.3, 0.4) is 0 Å². The Labute approximate surface area is 114 Å². The summed E-state index contributed by atoms with van der Waals surface area (Å²) in [6.45, 7) is 0. The number of hydrogen-bond acceptors (Lipinski definition) is 0. The van der Waals surface area contributed by atoms with Gasteiger partial charge in [0.15, 0.2) is 0 Å². The molecule has 0 bridgehead atoms. The average Bonchev–Trinajstić information content (AvgIpc) is 2.68. The average molecular weight is 328 g/mol. The minimum absolute atomic E-state index is 0.826. The minimum atomic E-state index is -0.826. The van der Waals surface area contributed by atoms with E-state index >= 15 is 0 Å². The standard InChI is InChI=1S/C13H10.2ClH.Zr/c1-3-7-12-10(5-1)9-11-6-2-4-8-13(11)12;;;/h1-8H,9H2;2*1H;/q;;;+2/p-2. The van der Waals surface area contributed by atoms with Gasteiger partial charge in [0.2, 0.25) is 0 Å². The van der Waals surface area contributed by atoms with Gasteiger partial charge in [-0.05, 0) is 28.7 Å². The monoisotopic (exact) mass is 326 g/mol. The largest absolute Gasteiger partial charge is 0.0619 e. The van der Waals surface area contributed by atoms with Crippen LogP contribution in [0.4, 0.5) is 0 Å². The molecule has 3 rings (SSSR count). The summed E-state index contributed by atoms with van der Waals surface area (Å²) < 4.78 is 0. The number of halogens is 2. The normalized spacial score (nSPS) is 10.9. The third kappa shape index (κ3) is 2.59. The first-order chi connectivity index (χ1) is 7.86. The molecule has 1 aliphatic carbocycles. The summed E-state index contributed by atoms with van der Waals surface area (Å²) in [6, 6.07) is 17.3. The number of hydrogen-bond donors (Lipinski definition) is 0. The summed E-state index contributed by atoms with van der Waals surface area (Å²) >= 11 is -0.826. The molecule has 2 aromatic rings. The summed E-state index contributed by atoms with van der Waals surface area (Å²) in [6.07, 6.45) is 1.10. The second kappa shape index (κ2) is 6.00. The zero-order valence-corrected chi connectivity index (χ0v) is 12.6. The van der Waals surface area contributed by atoms with Crippen molar-refractivity contribution in [2.24, 2.45) is 0 Å². The second-order valence-electron chi connectivity index (χ2n) is 3.56. The Morgan fingerprint density at radius 2 is 1.12 bits per heavy atom. The summed E-state index contributed by atoms with van der Waals surface area (Å²) in [7, 11) is 9.87. The third-order valence-corrected chi connectivity index (χ3v) is 2.71. The van der Waals surface area contributed by atoms with Crippen molar-refractivity contribution in [3.05, 3.63) is 59.7 Å². The van der Waals surface area contributed by atoms with Gasteiger partial charge >= 0.3 is 37.9 Å². The molecule has 0 aromatic heterocycles. The van der Waals surface area contributed by atoms with Crippen LogP contribution in [0.15, 0.2) is 48.5 Å². The van der Waals surface area contributed by atoms with Crippen LogP contribution in [0.2, 0.25) is 0 Å². The Hall–Kier alpha value is -0.0969. The Morgan fingerprint density at radius 1 is 0.750 bits per heavy atom. The summed E-state index contributed by atoms with van der Waals surface area (Å²) in [5.41, 5.74) is 5.75. The van der Waals surface area contributed by atoms with Crippen LogP contribution in [-0.2, 0) is 27.3 Å². The van der Waals surface area contributed by atoms with Gasteiger partial charge in [0, 0.05) is 0 Å². The Kier molecular flexibility index (Phi) is 4.64. The van der Waals surface area contributed by atoms with Crippen LogP contribution >= 0.6 is 17.0 Å². The van der Waals surface area contributed by atoms with Gasteiger partial charge in [-0.3, -0.25) is 0 Å². The smallest absolute Gasteiger partial charge is 0.00135 e. The number of benzene rings is 2. The van der Waals surface area contributed by atoms with Gasteiger partial charge in [-0.15, -0.1) is 0 Å². The van der Waals surface area contributed by atoms with Crippen molar-refractivity contribution in [1.82, 2.24) is 0 Å². The Morgan fingerprint density at radius 3 is 1.56 bits per heavy atom. The molecule has 0 N–H and O–H groups in total. The molecule has 0 spiro atoms. The molecular formula is C13H10Cl2Zr. The first-order valence-corrected chi connectivity index (χ1v) is 11.3. The molecule has 3 heteroatoms. The molecule has 0 amide bonds. The molecule has 0 aliphatic heterocycles. The van der Waals surface area contributed by atoms with Crippen molar-refractivity contribution >= 4 is 17.0 Å². The van der Waals surface area contributed by atoms with E-state index in [0.29, 0.717) is 0 Å². The maximum Gasteiger partial charge on any atom is -0.00135 e. The third-order valence-electron chi connectivity index (χ3n) is 2.71. The first-order valence-electron chi connectivity index (χ1n) is 4.99. The molecule has 2 aromatic carbocycles. The van der Waals surface area contributed by atoms with Gasteiger partial charge in [0.25, 0.3) is 0 Å². The van der Waals surface area contributed by atoms with Crippen molar-refractivity contribution in [3.8, 4) is 11.1 Å². The van der Waals surface area contributed by atoms with Crippen LogP contribution in [0.1, 0.15) is 11.1 Å². The van der Waals surface area contributed by atoms with E-state index in [2.05, 4.69) is 48.5 Å². The van der Waals surface area contributed by atoms with Crippen LogP contribution in [-0.4, -0.2) is 0 Å². The predicted molar refractivity (Wildman–Crippen MR) is 66.4 cm³/mol. The quantitative estimate of drug-likeness (QED) is 0.564. The molecule has 0 radical (unpaired) electrons. The molecule has 0 saturated carbocycles. The van der Waals surface area contributed by atoms with Crippen molar-refractivity contribution in [2.75, 3.05) is 0 Å². The molecule has 0 nitrogen and oxygen atoms in total. The van der Waals surface area contributed by atoms with E-state index in [-0.39, 0.29) is 0 Å². The maximum absolute atomic E-state index is 4.93. The maximum atomic E-state index is 4.93. The zero-order chi connectivity index (χ0) is 11.4. The molecule has 1 aliphatic rings. The van der Waals surface area contributed by atoms with Crippen LogP contribution in [0.5, 0.6) is 0 Å². The van der Waals surface area contributed by atoms with E-state index in [1.54, 1.807) is 0 Å². The van der Waals surface area contributed by atoms with Crippen LogP contribution in [0, 0.1) is 0 Å². The Balaban J connectivity index is 0.000000292. The minimum Gasteiger partial charge on any atom is -0.0619 e. The molecule has 0 saturated heterocycles. The summed E-state index contributed by atoms with van der Waals surface area (Å²) in [4.78, 5) is 0. The van der Waals surface area contributed by atoms with Gasteiger partial charge in [-0.25, -0.2) is 0 Å². The van der Waals surface area contributed by atoms with E-state index in [9.17, 15) is 0 Å². The van der Waals surface area contributed by atoms with E-state index in [0.717, 1.165) is 6.42 Å². The second-order valence-corrected chi connectivity index (χ2v) is 7.29.